The average molecular weight is 322 g/mol. The highest BCUT2D eigenvalue weighted by atomic mass is 16.2. The Kier molecular flexibility index (Phi) is 4.65. The average Bonchev–Trinajstić information content (AvgIpc) is 2.63. The summed E-state index contributed by atoms with van der Waals surface area (Å²) >= 11 is 0. The number of hydrogen-bond donors (Lipinski definition) is 0. The third-order valence-corrected chi connectivity index (χ3v) is 4.55. The van der Waals surface area contributed by atoms with Gasteiger partial charge in [-0.25, -0.2) is 0 Å². The monoisotopic (exact) mass is 322 g/mol. The zero-order valence-corrected chi connectivity index (χ0v) is 14.1. The topological polar surface area (TPSA) is 40.6 Å². The highest BCUT2D eigenvalue weighted by Crippen LogP contribution is 2.20. The molecule has 1 aliphatic rings. The van der Waals surface area contributed by atoms with Gasteiger partial charge in [-0.1, -0.05) is 36.4 Å². The van der Waals surface area contributed by atoms with E-state index in [0.29, 0.717) is 24.2 Å². The summed E-state index contributed by atoms with van der Waals surface area (Å²) < 4.78 is 0. The predicted octanol–water partition coefficient (Wildman–Crippen LogP) is 3.06. The van der Waals surface area contributed by atoms with Crippen LogP contribution in [0.15, 0.2) is 60.7 Å². The molecular formula is C20H22N2O2. The van der Waals surface area contributed by atoms with Gasteiger partial charge in [0.15, 0.2) is 0 Å². The van der Waals surface area contributed by atoms with Crippen LogP contribution in [-0.2, 0) is 0 Å². The van der Waals surface area contributed by atoms with Crippen LogP contribution in [0.3, 0.4) is 0 Å². The lowest BCUT2D eigenvalue weighted by molar-refractivity contribution is 0.0270. The molecule has 0 bridgehead atoms. The molecule has 1 fully saturated rings. The molecule has 124 valence electrons. The van der Waals surface area contributed by atoms with Gasteiger partial charge in [0, 0.05) is 36.3 Å². The normalized spacial score (nSPS) is 20.8. The van der Waals surface area contributed by atoms with Gasteiger partial charge in [-0.15, -0.1) is 0 Å². The molecule has 24 heavy (non-hydrogen) atoms. The van der Waals surface area contributed by atoms with Crippen LogP contribution in [0.25, 0.3) is 0 Å². The fourth-order valence-electron chi connectivity index (χ4n) is 3.19. The molecule has 1 saturated heterocycles. The second-order valence-electron chi connectivity index (χ2n) is 6.35. The molecule has 1 heterocycles. The van der Waals surface area contributed by atoms with Crippen LogP contribution in [0.1, 0.15) is 34.6 Å². The Balaban J connectivity index is 1.75. The zero-order valence-electron chi connectivity index (χ0n) is 14.1. The van der Waals surface area contributed by atoms with Gasteiger partial charge >= 0.3 is 0 Å². The summed E-state index contributed by atoms with van der Waals surface area (Å²) in [6.45, 7) is 5.09. The fourth-order valence-corrected chi connectivity index (χ4v) is 3.19. The van der Waals surface area contributed by atoms with Crippen molar-refractivity contribution in [3.05, 3.63) is 71.8 Å². The maximum Gasteiger partial charge on any atom is 0.254 e. The molecule has 3 rings (SSSR count). The van der Waals surface area contributed by atoms with E-state index in [1.807, 2.05) is 84.3 Å². The number of carbonyl (C=O) groups is 2. The first-order valence-electron chi connectivity index (χ1n) is 8.30. The predicted molar refractivity (Wildman–Crippen MR) is 93.9 cm³/mol. The van der Waals surface area contributed by atoms with Crippen LogP contribution in [0.4, 0.5) is 0 Å². The Morgan fingerprint density at radius 1 is 0.708 bits per heavy atom. The van der Waals surface area contributed by atoms with Crippen LogP contribution in [0.5, 0.6) is 0 Å². The molecule has 0 spiro atoms. The first kappa shape index (κ1) is 16.2. The van der Waals surface area contributed by atoms with E-state index in [1.54, 1.807) is 0 Å². The summed E-state index contributed by atoms with van der Waals surface area (Å²) in [6.07, 6.45) is 0. The van der Waals surface area contributed by atoms with Crippen molar-refractivity contribution in [3.63, 3.8) is 0 Å². The first-order valence-corrected chi connectivity index (χ1v) is 8.30. The van der Waals surface area contributed by atoms with Crippen molar-refractivity contribution in [2.24, 2.45) is 0 Å². The molecule has 0 aliphatic carbocycles. The Hall–Kier alpha value is -2.62. The summed E-state index contributed by atoms with van der Waals surface area (Å²) in [6, 6.07) is 18.6. The van der Waals surface area contributed by atoms with Crippen LogP contribution < -0.4 is 0 Å². The van der Waals surface area contributed by atoms with Crippen LogP contribution >= 0.6 is 0 Å². The lowest BCUT2D eigenvalue weighted by Crippen LogP contribution is -2.59. The third kappa shape index (κ3) is 3.18. The third-order valence-electron chi connectivity index (χ3n) is 4.55. The lowest BCUT2D eigenvalue weighted by Gasteiger charge is -2.44. The molecule has 0 aromatic heterocycles. The number of amides is 2. The van der Waals surface area contributed by atoms with Gasteiger partial charge < -0.3 is 9.80 Å². The van der Waals surface area contributed by atoms with Crippen molar-refractivity contribution in [1.29, 1.82) is 0 Å². The van der Waals surface area contributed by atoms with E-state index in [9.17, 15) is 9.59 Å². The molecule has 4 heteroatoms. The number of rotatable bonds is 2. The van der Waals surface area contributed by atoms with Gasteiger partial charge in [-0.3, -0.25) is 9.59 Å². The minimum Gasteiger partial charge on any atom is -0.332 e. The van der Waals surface area contributed by atoms with E-state index in [2.05, 4.69) is 0 Å². The molecule has 0 radical (unpaired) electrons. The first-order chi connectivity index (χ1) is 11.6. The van der Waals surface area contributed by atoms with Gasteiger partial charge in [0.2, 0.25) is 0 Å². The molecule has 1 aliphatic heterocycles. The van der Waals surface area contributed by atoms with E-state index < -0.39 is 0 Å². The summed E-state index contributed by atoms with van der Waals surface area (Å²) in [5.41, 5.74) is 1.39. The lowest BCUT2D eigenvalue weighted by atomic mass is 10.0. The van der Waals surface area contributed by atoms with Gasteiger partial charge in [-0.05, 0) is 38.1 Å². The van der Waals surface area contributed by atoms with Crippen molar-refractivity contribution >= 4 is 11.8 Å². The van der Waals surface area contributed by atoms with Crippen LogP contribution in [0.2, 0.25) is 0 Å². The molecule has 2 unspecified atom stereocenters. The molecule has 2 amide bonds. The number of carbonyl (C=O) groups excluding carboxylic acids is 2. The molecule has 2 aromatic carbocycles. The largest absolute Gasteiger partial charge is 0.332 e. The zero-order chi connectivity index (χ0) is 17.1. The van der Waals surface area contributed by atoms with E-state index >= 15 is 0 Å². The Morgan fingerprint density at radius 3 is 1.38 bits per heavy atom. The smallest absolute Gasteiger partial charge is 0.254 e. The van der Waals surface area contributed by atoms with E-state index in [0.717, 1.165) is 0 Å². The van der Waals surface area contributed by atoms with Crippen LogP contribution in [-0.4, -0.2) is 46.8 Å². The van der Waals surface area contributed by atoms with Crippen molar-refractivity contribution in [2.75, 3.05) is 13.1 Å². The summed E-state index contributed by atoms with van der Waals surface area (Å²) in [4.78, 5) is 29.2. The Bertz CT molecular complexity index is 651. The van der Waals surface area contributed by atoms with Gasteiger partial charge in [0.25, 0.3) is 11.8 Å². The van der Waals surface area contributed by atoms with Crippen molar-refractivity contribution < 1.29 is 9.59 Å². The maximum absolute atomic E-state index is 12.7. The Labute approximate surface area is 142 Å². The highest BCUT2D eigenvalue weighted by Gasteiger charge is 2.34. The molecule has 2 atom stereocenters. The van der Waals surface area contributed by atoms with Gasteiger partial charge in [-0.2, -0.15) is 0 Å². The number of benzene rings is 2. The maximum atomic E-state index is 12.7. The highest BCUT2D eigenvalue weighted by molar-refractivity contribution is 5.96. The molecule has 0 saturated carbocycles. The van der Waals surface area contributed by atoms with Gasteiger partial charge in [0.1, 0.15) is 0 Å². The number of piperazine rings is 1. The van der Waals surface area contributed by atoms with Gasteiger partial charge in [0.05, 0.1) is 0 Å². The second-order valence-corrected chi connectivity index (χ2v) is 6.35. The van der Waals surface area contributed by atoms with Crippen molar-refractivity contribution in [1.82, 2.24) is 9.80 Å². The van der Waals surface area contributed by atoms with Crippen LogP contribution in [0, 0.1) is 0 Å². The minimum absolute atomic E-state index is 0.0124. The number of nitrogens with zero attached hydrogens (tertiary/aromatic N) is 2. The van der Waals surface area contributed by atoms with Crippen molar-refractivity contribution in [3.8, 4) is 0 Å². The second kappa shape index (κ2) is 6.87. The van der Waals surface area contributed by atoms with Crippen molar-refractivity contribution in [2.45, 2.75) is 25.9 Å². The summed E-state index contributed by atoms with van der Waals surface area (Å²) in [5.74, 6) is 0.0588. The molecule has 4 nitrogen and oxygen atoms in total. The SMILES string of the molecule is CC1CN(C(=O)c2ccccc2)C(C)CN1C(=O)c1ccccc1. The summed E-state index contributed by atoms with van der Waals surface area (Å²) in [7, 11) is 0. The minimum atomic E-state index is -0.0124. The molecular weight excluding hydrogens is 300 g/mol. The number of hydrogen-bond acceptors (Lipinski definition) is 2. The van der Waals surface area contributed by atoms with E-state index in [-0.39, 0.29) is 23.9 Å². The summed E-state index contributed by atoms with van der Waals surface area (Å²) in [5, 5.41) is 0. The quantitative estimate of drug-likeness (QED) is 0.852. The molecule has 0 N–H and O–H groups in total. The fraction of sp³-hybridized carbons (Fsp3) is 0.300. The van der Waals surface area contributed by atoms with E-state index in [4.69, 9.17) is 0 Å². The molecule has 2 aromatic rings. The Morgan fingerprint density at radius 2 is 1.04 bits per heavy atom. The standard InChI is InChI=1S/C20H22N2O2/c1-15-13-22(20(24)18-11-7-4-8-12-18)16(2)14-21(15)19(23)17-9-5-3-6-10-17/h3-12,15-16H,13-14H2,1-2H3. The van der Waals surface area contributed by atoms with E-state index in [1.165, 1.54) is 0 Å².